The summed E-state index contributed by atoms with van der Waals surface area (Å²) in [5.74, 6) is 0. The third-order valence-corrected chi connectivity index (χ3v) is 2.99. The van der Waals surface area contributed by atoms with Crippen LogP contribution >= 0.6 is 0 Å². The van der Waals surface area contributed by atoms with Gasteiger partial charge in [-0.25, -0.2) is 0 Å². The van der Waals surface area contributed by atoms with Crippen molar-refractivity contribution in [1.82, 2.24) is 4.98 Å². The van der Waals surface area contributed by atoms with Gasteiger partial charge in [-0.15, -0.1) is 0 Å². The van der Waals surface area contributed by atoms with Gasteiger partial charge in [0.05, 0.1) is 16.8 Å². The molecule has 0 saturated heterocycles. The summed E-state index contributed by atoms with van der Waals surface area (Å²) in [5.41, 5.74) is -3.47. The third kappa shape index (κ3) is 3.83. The van der Waals surface area contributed by atoms with Gasteiger partial charge in [-0.3, -0.25) is 4.98 Å². The molecule has 0 aliphatic rings. The highest BCUT2D eigenvalue weighted by atomic mass is 19.4. The molecule has 0 radical (unpaired) electrons. The SMILES string of the molecule is OB(O)c1cc(C(F)(F)F)cnc1-c1cccc(C(F)(F)F)c1. The van der Waals surface area contributed by atoms with Gasteiger partial charge in [0, 0.05) is 17.2 Å². The molecule has 0 fully saturated rings. The molecule has 0 aliphatic heterocycles. The fourth-order valence-corrected chi connectivity index (χ4v) is 1.92. The molecule has 10 heteroatoms. The first-order valence-electron chi connectivity index (χ1n) is 6.11. The lowest BCUT2D eigenvalue weighted by Gasteiger charge is -2.14. The van der Waals surface area contributed by atoms with Crippen LogP contribution in [0.1, 0.15) is 11.1 Å². The summed E-state index contributed by atoms with van der Waals surface area (Å²) < 4.78 is 76.0. The van der Waals surface area contributed by atoms with Crippen molar-refractivity contribution >= 4 is 12.6 Å². The lowest BCUT2D eigenvalue weighted by molar-refractivity contribution is -0.138. The maximum atomic E-state index is 12.7. The summed E-state index contributed by atoms with van der Waals surface area (Å²) in [7, 11) is -2.32. The lowest BCUT2D eigenvalue weighted by atomic mass is 9.77. The highest BCUT2D eigenvalue weighted by Gasteiger charge is 2.34. The van der Waals surface area contributed by atoms with E-state index in [4.69, 9.17) is 0 Å². The molecule has 2 aromatic rings. The molecule has 0 bridgehead atoms. The monoisotopic (exact) mass is 335 g/mol. The van der Waals surface area contributed by atoms with Crippen LogP contribution in [0.5, 0.6) is 0 Å². The van der Waals surface area contributed by atoms with Crippen LogP contribution in [0.2, 0.25) is 0 Å². The van der Waals surface area contributed by atoms with E-state index in [-0.39, 0.29) is 11.3 Å². The fourth-order valence-electron chi connectivity index (χ4n) is 1.92. The van der Waals surface area contributed by atoms with Crippen molar-refractivity contribution in [2.45, 2.75) is 12.4 Å². The zero-order valence-corrected chi connectivity index (χ0v) is 11.2. The Labute approximate surface area is 126 Å². The van der Waals surface area contributed by atoms with E-state index in [9.17, 15) is 36.4 Å². The summed E-state index contributed by atoms with van der Waals surface area (Å²) in [5, 5.41) is 18.4. The number of nitrogens with zero attached hydrogens (tertiary/aromatic N) is 1. The first kappa shape index (κ1) is 17.3. The van der Waals surface area contributed by atoms with Crippen LogP contribution < -0.4 is 5.46 Å². The second-order valence-corrected chi connectivity index (χ2v) is 4.61. The van der Waals surface area contributed by atoms with Crippen molar-refractivity contribution in [3.63, 3.8) is 0 Å². The van der Waals surface area contributed by atoms with E-state index in [1.165, 1.54) is 6.07 Å². The predicted octanol–water partition coefficient (Wildman–Crippen LogP) is 2.47. The molecule has 2 rings (SSSR count). The topological polar surface area (TPSA) is 53.4 Å². The molecule has 1 aromatic heterocycles. The van der Waals surface area contributed by atoms with Gasteiger partial charge in [-0.2, -0.15) is 26.3 Å². The van der Waals surface area contributed by atoms with Crippen LogP contribution in [-0.2, 0) is 12.4 Å². The Hall–Kier alpha value is -2.07. The van der Waals surface area contributed by atoms with E-state index < -0.39 is 36.1 Å². The van der Waals surface area contributed by atoms with Gasteiger partial charge in [0.15, 0.2) is 0 Å². The number of alkyl halides is 6. The van der Waals surface area contributed by atoms with Gasteiger partial charge in [-0.05, 0) is 18.2 Å². The van der Waals surface area contributed by atoms with E-state index in [1.807, 2.05) is 0 Å². The molecule has 0 aliphatic carbocycles. The number of hydrogen-bond donors (Lipinski definition) is 2. The molecule has 0 amide bonds. The Morgan fingerprint density at radius 2 is 1.48 bits per heavy atom. The van der Waals surface area contributed by atoms with Crippen LogP contribution in [0.4, 0.5) is 26.3 Å². The summed E-state index contributed by atoms with van der Waals surface area (Å²) in [6, 6.07) is 4.11. The summed E-state index contributed by atoms with van der Waals surface area (Å²) in [4.78, 5) is 3.45. The first-order valence-corrected chi connectivity index (χ1v) is 6.11. The van der Waals surface area contributed by atoms with Crippen molar-refractivity contribution < 1.29 is 36.4 Å². The van der Waals surface area contributed by atoms with Crippen LogP contribution in [0.25, 0.3) is 11.3 Å². The van der Waals surface area contributed by atoms with E-state index >= 15 is 0 Å². The quantitative estimate of drug-likeness (QED) is 0.655. The molecule has 1 aromatic carbocycles. The minimum Gasteiger partial charge on any atom is -0.423 e. The standard InChI is InChI=1S/C13H8BF6NO2/c15-12(16,17)8-3-1-2-7(4-8)11-10(14(22)23)5-9(6-21-11)13(18,19)20/h1-6,22-23H. The Morgan fingerprint density at radius 3 is 2.00 bits per heavy atom. The zero-order chi connectivity index (χ0) is 17.4. The average molecular weight is 335 g/mol. The fraction of sp³-hybridized carbons (Fsp3) is 0.154. The molecular weight excluding hydrogens is 327 g/mol. The minimum absolute atomic E-state index is 0.184. The molecule has 0 unspecified atom stereocenters. The van der Waals surface area contributed by atoms with Crippen molar-refractivity contribution in [1.29, 1.82) is 0 Å². The Kier molecular flexibility index (Phi) is 4.40. The van der Waals surface area contributed by atoms with E-state index in [0.717, 1.165) is 12.1 Å². The van der Waals surface area contributed by atoms with Crippen LogP contribution in [-0.4, -0.2) is 22.2 Å². The smallest absolute Gasteiger partial charge is 0.423 e. The van der Waals surface area contributed by atoms with Crippen LogP contribution in [0.3, 0.4) is 0 Å². The Morgan fingerprint density at radius 1 is 0.870 bits per heavy atom. The molecule has 1 heterocycles. The normalized spacial score (nSPS) is 12.3. The Bertz CT molecular complexity index is 714. The lowest BCUT2D eigenvalue weighted by Crippen LogP contribution is -2.33. The van der Waals surface area contributed by atoms with Crippen molar-refractivity contribution in [2.75, 3.05) is 0 Å². The van der Waals surface area contributed by atoms with Crippen LogP contribution in [0.15, 0.2) is 36.5 Å². The van der Waals surface area contributed by atoms with E-state index in [0.29, 0.717) is 18.3 Å². The molecule has 0 spiro atoms. The molecular formula is C13H8BF6NO2. The van der Waals surface area contributed by atoms with E-state index in [2.05, 4.69) is 4.98 Å². The second-order valence-electron chi connectivity index (χ2n) is 4.61. The highest BCUT2D eigenvalue weighted by Crippen LogP contribution is 2.32. The summed E-state index contributed by atoms with van der Waals surface area (Å²) >= 11 is 0. The van der Waals surface area contributed by atoms with Crippen LogP contribution in [0, 0.1) is 0 Å². The second kappa shape index (κ2) is 5.86. The third-order valence-electron chi connectivity index (χ3n) is 2.99. The maximum absolute atomic E-state index is 12.7. The predicted molar refractivity (Wildman–Crippen MR) is 69.5 cm³/mol. The maximum Gasteiger partial charge on any atom is 0.490 e. The largest absolute Gasteiger partial charge is 0.490 e. The number of benzene rings is 1. The van der Waals surface area contributed by atoms with Gasteiger partial charge >= 0.3 is 19.5 Å². The first-order chi connectivity index (χ1) is 10.5. The number of hydrogen-bond acceptors (Lipinski definition) is 3. The van der Waals surface area contributed by atoms with E-state index in [1.54, 1.807) is 0 Å². The molecule has 3 nitrogen and oxygen atoms in total. The van der Waals surface area contributed by atoms with Crippen molar-refractivity contribution in [3.8, 4) is 11.3 Å². The Balaban J connectivity index is 2.60. The molecule has 122 valence electrons. The van der Waals surface area contributed by atoms with Crippen molar-refractivity contribution in [3.05, 3.63) is 47.7 Å². The van der Waals surface area contributed by atoms with Gasteiger partial charge in [0.2, 0.25) is 0 Å². The van der Waals surface area contributed by atoms with Crippen molar-refractivity contribution in [2.24, 2.45) is 0 Å². The van der Waals surface area contributed by atoms with Gasteiger partial charge in [-0.1, -0.05) is 12.1 Å². The zero-order valence-electron chi connectivity index (χ0n) is 11.2. The number of aromatic nitrogens is 1. The molecule has 2 N–H and O–H groups in total. The number of pyridine rings is 1. The molecule has 23 heavy (non-hydrogen) atoms. The van der Waals surface area contributed by atoms with Gasteiger partial charge in [0.25, 0.3) is 0 Å². The summed E-state index contributed by atoms with van der Waals surface area (Å²) in [6.45, 7) is 0. The summed E-state index contributed by atoms with van der Waals surface area (Å²) in [6.07, 6.45) is -9.01. The molecule has 0 atom stereocenters. The van der Waals surface area contributed by atoms with Gasteiger partial charge < -0.3 is 10.0 Å². The highest BCUT2D eigenvalue weighted by molar-refractivity contribution is 6.60. The number of rotatable bonds is 2. The number of halogens is 6. The minimum atomic E-state index is -4.77. The molecule has 0 saturated carbocycles. The average Bonchev–Trinajstić information content (AvgIpc) is 2.45. The van der Waals surface area contributed by atoms with Gasteiger partial charge in [0.1, 0.15) is 0 Å².